The lowest BCUT2D eigenvalue weighted by atomic mass is 10.1. The van der Waals surface area contributed by atoms with E-state index in [-0.39, 0.29) is 5.91 Å². The van der Waals surface area contributed by atoms with Crippen LogP contribution in [0, 0.1) is 13.8 Å². The number of benzene rings is 2. The fraction of sp³-hybridized carbons (Fsp3) is 0.238. The van der Waals surface area contributed by atoms with E-state index in [1.807, 2.05) is 28.6 Å². The predicted molar refractivity (Wildman–Crippen MR) is 109 cm³/mol. The molecule has 1 N–H and O–H groups in total. The summed E-state index contributed by atoms with van der Waals surface area (Å²) in [5.74, 6) is 2.98. The molecule has 3 aromatic rings. The molecule has 0 unspecified atom stereocenters. The fourth-order valence-corrected chi connectivity index (χ4v) is 4.34. The summed E-state index contributed by atoms with van der Waals surface area (Å²) in [6.07, 6.45) is 0. The summed E-state index contributed by atoms with van der Waals surface area (Å²) in [6.45, 7) is 4.14. The van der Waals surface area contributed by atoms with E-state index < -0.39 is 0 Å². The number of rotatable bonds is 4. The molecule has 0 fully saturated rings. The molecule has 0 saturated heterocycles. The van der Waals surface area contributed by atoms with Crippen LogP contribution in [0.15, 0.2) is 42.5 Å². The Balaban J connectivity index is 1.74. The zero-order valence-corrected chi connectivity index (χ0v) is 16.4. The van der Waals surface area contributed by atoms with Gasteiger partial charge in [0, 0.05) is 22.6 Å². The molecule has 0 radical (unpaired) electrons. The number of ether oxygens (including phenoxy) is 1. The molecular formula is C21H21N3O2S. The summed E-state index contributed by atoms with van der Waals surface area (Å²) in [7, 11) is 1.59. The van der Waals surface area contributed by atoms with Gasteiger partial charge in [-0.2, -0.15) is 16.9 Å². The second kappa shape index (κ2) is 7.12. The average molecular weight is 379 g/mol. The number of nitrogens with one attached hydrogen (secondary N) is 1. The minimum absolute atomic E-state index is 0.167. The highest BCUT2D eigenvalue weighted by molar-refractivity contribution is 7.98. The van der Waals surface area contributed by atoms with Crippen molar-refractivity contribution in [1.29, 1.82) is 0 Å². The fourth-order valence-electron chi connectivity index (χ4n) is 3.30. The maximum Gasteiger partial charge on any atom is 0.256 e. The van der Waals surface area contributed by atoms with Crippen LogP contribution < -0.4 is 10.1 Å². The Kier molecular flexibility index (Phi) is 4.66. The zero-order chi connectivity index (χ0) is 19.0. The van der Waals surface area contributed by atoms with Crippen molar-refractivity contribution in [1.82, 2.24) is 9.78 Å². The van der Waals surface area contributed by atoms with Crippen molar-refractivity contribution in [2.45, 2.75) is 25.4 Å². The van der Waals surface area contributed by atoms with E-state index >= 15 is 0 Å². The molecule has 1 aromatic heterocycles. The number of amides is 1. The molecule has 0 saturated carbocycles. The third kappa shape index (κ3) is 3.32. The first kappa shape index (κ1) is 17.7. The quantitative estimate of drug-likeness (QED) is 0.725. The van der Waals surface area contributed by atoms with Crippen molar-refractivity contribution in [3.8, 4) is 11.4 Å². The Hall–Kier alpha value is -2.73. The predicted octanol–water partition coefficient (Wildman–Crippen LogP) is 4.50. The molecule has 138 valence electrons. The van der Waals surface area contributed by atoms with Crippen LogP contribution in [0.3, 0.4) is 0 Å². The minimum atomic E-state index is -0.167. The van der Waals surface area contributed by atoms with Crippen molar-refractivity contribution in [3.05, 3.63) is 70.4 Å². The highest BCUT2D eigenvalue weighted by atomic mass is 32.2. The number of aromatic nitrogens is 2. The Morgan fingerprint density at radius 1 is 1.19 bits per heavy atom. The number of carbonyl (C=O) groups is 1. The third-order valence-electron chi connectivity index (χ3n) is 4.70. The molecular weight excluding hydrogens is 358 g/mol. The first-order valence-corrected chi connectivity index (χ1v) is 9.94. The number of methoxy groups -OCH3 is 1. The van der Waals surface area contributed by atoms with Crippen LogP contribution in [0.25, 0.3) is 5.69 Å². The SMILES string of the molecule is COc1cccc(C(=O)Nc2c3c(nn2-c2ccc(C)cc2C)CSC3)c1. The van der Waals surface area contributed by atoms with Gasteiger partial charge in [-0.05, 0) is 43.7 Å². The zero-order valence-electron chi connectivity index (χ0n) is 15.6. The molecule has 4 rings (SSSR count). The van der Waals surface area contributed by atoms with Crippen LogP contribution in [0.5, 0.6) is 5.75 Å². The van der Waals surface area contributed by atoms with E-state index in [0.717, 1.165) is 39.8 Å². The first-order chi connectivity index (χ1) is 13.1. The van der Waals surface area contributed by atoms with Crippen LogP contribution in [-0.4, -0.2) is 22.8 Å². The van der Waals surface area contributed by atoms with Crippen LogP contribution in [0.1, 0.15) is 32.7 Å². The van der Waals surface area contributed by atoms with Gasteiger partial charge in [-0.1, -0.05) is 23.8 Å². The molecule has 0 aliphatic carbocycles. The standard InChI is InChI=1S/C21H21N3O2S/c1-13-7-8-19(14(2)9-13)24-20(17-11-27-12-18(17)23-24)22-21(25)15-5-4-6-16(10-15)26-3/h4-10H,11-12H2,1-3H3,(H,22,25). The maximum absolute atomic E-state index is 12.9. The number of fused-ring (bicyclic) bond motifs is 1. The molecule has 0 atom stereocenters. The summed E-state index contributed by atoms with van der Waals surface area (Å²) in [6, 6.07) is 13.4. The average Bonchev–Trinajstić information content (AvgIpc) is 3.24. The van der Waals surface area contributed by atoms with Gasteiger partial charge in [-0.25, -0.2) is 4.68 Å². The van der Waals surface area contributed by atoms with Crippen LogP contribution >= 0.6 is 11.8 Å². The molecule has 6 heteroatoms. The molecule has 0 spiro atoms. The van der Waals surface area contributed by atoms with Gasteiger partial charge in [-0.15, -0.1) is 0 Å². The van der Waals surface area contributed by atoms with E-state index in [9.17, 15) is 4.79 Å². The summed E-state index contributed by atoms with van der Waals surface area (Å²) < 4.78 is 7.11. The molecule has 1 aliphatic rings. The van der Waals surface area contributed by atoms with Gasteiger partial charge in [0.25, 0.3) is 5.91 Å². The second-order valence-corrected chi connectivity index (χ2v) is 7.64. The van der Waals surface area contributed by atoms with Gasteiger partial charge < -0.3 is 10.1 Å². The third-order valence-corrected chi connectivity index (χ3v) is 5.67. The van der Waals surface area contributed by atoms with Gasteiger partial charge in [0.2, 0.25) is 0 Å². The van der Waals surface area contributed by atoms with Gasteiger partial charge in [0.05, 0.1) is 18.5 Å². The van der Waals surface area contributed by atoms with Crippen molar-refractivity contribution < 1.29 is 9.53 Å². The normalized spacial score (nSPS) is 12.7. The lowest BCUT2D eigenvalue weighted by Gasteiger charge is -2.14. The molecule has 1 aliphatic heterocycles. The maximum atomic E-state index is 12.9. The van der Waals surface area contributed by atoms with E-state index in [4.69, 9.17) is 9.84 Å². The Morgan fingerprint density at radius 2 is 2.04 bits per heavy atom. The van der Waals surface area contributed by atoms with Crippen molar-refractivity contribution in [3.63, 3.8) is 0 Å². The molecule has 1 amide bonds. The molecule has 2 aromatic carbocycles. The van der Waals surface area contributed by atoms with Gasteiger partial charge in [-0.3, -0.25) is 4.79 Å². The molecule has 27 heavy (non-hydrogen) atoms. The van der Waals surface area contributed by atoms with Crippen LogP contribution in [0.4, 0.5) is 5.82 Å². The van der Waals surface area contributed by atoms with Gasteiger partial charge in [0.1, 0.15) is 11.6 Å². The topological polar surface area (TPSA) is 56.1 Å². The largest absolute Gasteiger partial charge is 0.497 e. The number of thioether (sulfide) groups is 1. The van der Waals surface area contributed by atoms with Gasteiger partial charge in [0.15, 0.2) is 0 Å². The smallest absolute Gasteiger partial charge is 0.256 e. The summed E-state index contributed by atoms with van der Waals surface area (Å²) in [5.41, 5.74) is 6.02. The number of hydrogen-bond donors (Lipinski definition) is 1. The lowest BCUT2D eigenvalue weighted by molar-refractivity contribution is 0.102. The first-order valence-electron chi connectivity index (χ1n) is 8.78. The lowest BCUT2D eigenvalue weighted by Crippen LogP contribution is -2.16. The summed E-state index contributed by atoms with van der Waals surface area (Å²) in [5, 5.41) is 7.88. The highest BCUT2D eigenvalue weighted by Crippen LogP contribution is 2.36. The van der Waals surface area contributed by atoms with Crippen LogP contribution in [-0.2, 0) is 11.5 Å². The monoisotopic (exact) mass is 379 g/mol. The molecule has 2 heterocycles. The van der Waals surface area contributed by atoms with Crippen LogP contribution in [0.2, 0.25) is 0 Å². The number of hydrogen-bond acceptors (Lipinski definition) is 4. The summed E-state index contributed by atoms with van der Waals surface area (Å²) in [4.78, 5) is 12.9. The Bertz CT molecular complexity index is 1030. The molecule has 0 bridgehead atoms. The van der Waals surface area contributed by atoms with E-state index in [1.165, 1.54) is 5.56 Å². The number of aryl methyl sites for hydroxylation is 2. The second-order valence-electron chi connectivity index (χ2n) is 6.65. The van der Waals surface area contributed by atoms with E-state index in [2.05, 4.69) is 37.4 Å². The highest BCUT2D eigenvalue weighted by Gasteiger charge is 2.25. The minimum Gasteiger partial charge on any atom is -0.497 e. The summed E-state index contributed by atoms with van der Waals surface area (Å²) >= 11 is 1.82. The number of anilines is 1. The number of carbonyl (C=O) groups excluding carboxylic acids is 1. The molecule has 5 nitrogen and oxygen atoms in total. The van der Waals surface area contributed by atoms with E-state index in [1.54, 1.807) is 19.2 Å². The van der Waals surface area contributed by atoms with E-state index in [0.29, 0.717) is 11.3 Å². The van der Waals surface area contributed by atoms with Gasteiger partial charge >= 0.3 is 0 Å². The Morgan fingerprint density at radius 3 is 2.81 bits per heavy atom. The van der Waals surface area contributed by atoms with Crippen molar-refractivity contribution in [2.75, 3.05) is 12.4 Å². The Labute approximate surface area is 162 Å². The van der Waals surface area contributed by atoms with Crippen molar-refractivity contribution in [2.24, 2.45) is 0 Å². The number of nitrogens with zero attached hydrogens (tertiary/aromatic N) is 2. The van der Waals surface area contributed by atoms with Crippen molar-refractivity contribution >= 4 is 23.5 Å².